The van der Waals surface area contributed by atoms with E-state index in [4.69, 9.17) is 4.74 Å². The molecule has 9 heteroatoms. The molecule has 0 aliphatic heterocycles. The number of aliphatic hydroxyl groups excluding tert-OH is 2. The molecule has 0 aromatic heterocycles. The molecule has 0 radical (unpaired) electrons. The number of rotatable bonds is 9. The standard InChI is InChI=1S/C23H37N3O6/c1-14(2)24-20(29)19(18-15(3)9-8-10-16(18)4)26(11-12-27)21(30)17(13-28)25-22(31)32-23(5,6)7/h8-10,14,17,19,27-28H,11-13H2,1-7H3,(H,24,29)(H,25,31). The third kappa shape index (κ3) is 7.80. The van der Waals surface area contributed by atoms with E-state index >= 15 is 0 Å². The van der Waals surface area contributed by atoms with E-state index in [0.717, 1.165) is 11.1 Å². The van der Waals surface area contributed by atoms with Gasteiger partial charge in [-0.05, 0) is 65.2 Å². The van der Waals surface area contributed by atoms with Gasteiger partial charge in [0.25, 0.3) is 0 Å². The lowest BCUT2D eigenvalue weighted by Crippen LogP contribution is -2.55. The normalized spacial score (nSPS) is 13.3. The van der Waals surface area contributed by atoms with E-state index in [0.29, 0.717) is 5.56 Å². The van der Waals surface area contributed by atoms with Gasteiger partial charge < -0.3 is 30.5 Å². The van der Waals surface area contributed by atoms with Gasteiger partial charge in [-0.3, -0.25) is 9.59 Å². The third-order valence-corrected chi connectivity index (χ3v) is 4.60. The van der Waals surface area contributed by atoms with Gasteiger partial charge in [0.05, 0.1) is 13.2 Å². The van der Waals surface area contributed by atoms with E-state index in [1.807, 2.05) is 32.0 Å². The van der Waals surface area contributed by atoms with Crippen LogP contribution in [0.3, 0.4) is 0 Å². The van der Waals surface area contributed by atoms with Crippen LogP contribution in [-0.2, 0) is 14.3 Å². The SMILES string of the molecule is Cc1cccc(C)c1C(C(=O)NC(C)C)N(CCO)C(=O)C(CO)NC(=O)OC(C)(C)C. The molecule has 0 fully saturated rings. The molecule has 0 aliphatic rings. The van der Waals surface area contributed by atoms with Gasteiger partial charge in [-0.25, -0.2) is 4.79 Å². The predicted octanol–water partition coefficient (Wildman–Crippen LogP) is 1.58. The minimum Gasteiger partial charge on any atom is -0.444 e. The molecule has 0 bridgehead atoms. The van der Waals surface area contributed by atoms with Crippen LogP contribution in [0, 0.1) is 13.8 Å². The van der Waals surface area contributed by atoms with E-state index in [-0.39, 0.29) is 12.6 Å². The van der Waals surface area contributed by atoms with E-state index in [9.17, 15) is 24.6 Å². The van der Waals surface area contributed by atoms with Crippen LogP contribution in [0.4, 0.5) is 4.79 Å². The van der Waals surface area contributed by atoms with Crippen LogP contribution >= 0.6 is 0 Å². The number of carbonyl (C=O) groups excluding carboxylic acids is 3. The van der Waals surface area contributed by atoms with E-state index in [1.54, 1.807) is 34.6 Å². The van der Waals surface area contributed by atoms with Gasteiger partial charge in [0, 0.05) is 12.6 Å². The van der Waals surface area contributed by atoms with Crippen LogP contribution in [0.2, 0.25) is 0 Å². The molecule has 9 nitrogen and oxygen atoms in total. The van der Waals surface area contributed by atoms with Gasteiger partial charge in [0.2, 0.25) is 11.8 Å². The summed E-state index contributed by atoms with van der Waals surface area (Å²) in [7, 11) is 0. The van der Waals surface area contributed by atoms with Crippen LogP contribution in [0.15, 0.2) is 18.2 Å². The highest BCUT2D eigenvalue weighted by atomic mass is 16.6. The zero-order valence-electron chi connectivity index (χ0n) is 20.1. The van der Waals surface area contributed by atoms with Crippen molar-refractivity contribution in [1.29, 1.82) is 0 Å². The maximum absolute atomic E-state index is 13.4. The topological polar surface area (TPSA) is 128 Å². The van der Waals surface area contributed by atoms with Gasteiger partial charge in [-0.1, -0.05) is 18.2 Å². The van der Waals surface area contributed by atoms with E-state index in [2.05, 4.69) is 10.6 Å². The van der Waals surface area contributed by atoms with Gasteiger partial charge >= 0.3 is 6.09 Å². The Morgan fingerprint density at radius 3 is 2.06 bits per heavy atom. The minimum absolute atomic E-state index is 0.171. The van der Waals surface area contributed by atoms with Crippen molar-refractivity contribution >= 4 is 17.9 Å². The summed E-state index contributed by atoms with van der Waals surface area (Å²) in [6.07, 6.45) is -0.871. The Labute approximate surface area is 190 Å². The summed E-state index contributed by atoms with van der Waals surface area (Å²) >= 11 is 0. The molecule has 1 aromatic rings. The smallest absolute Gasteiger partial charge is 0.408 e. The highest BCUT2D eigenvalue weighted by molar-refractivity contribution is 5.92. The quantitative estimate of drug-likeness (QED) is 0.451. The molecule has 32 heavy (non-hydrogen) atoms. The van der Waals surface area contributed by atoms with Gasteiger partial charge in [-0.15, -0.1) is 0 Å². The number of nitrogens with one attached hydrogen (secondary N) is 2. The number of benzene rings is 1. The first-order valence-electron chi connectivity index (χ1n) is 10.7. The molecule has 4 N–H and O–H groups in total. The van der Waals surface area contributed by atoms with Crippen LogP contribution in [0.25, 0.3) is 0 Å². The molecule has 0 spiro atoms. The number of ether oxygens (including phenoxy) is 1. The molecule has 2 atom stereocenters. The van der Waals surface area contributed by atoms with Gasteiger partial charge in [0.15, 0.2) is 0 Å². The first-order chi connectivity index (χ1) is 14.8. The summed E-state index contributed by atoms with van der Waals surface area (Å²) in [5.41, 5.74) is 1.42. The molecule has 1 rings (SSSR count). The Balaban J connectivity index is 3.41. The number of carbonyl (C=O) groups is 3. The maximum Gasteiger partial charge on any atom is 0.408 e. The summed E-state index contributed by atoms with van der Waals surface area (Å²) in [6, 6.07) is 2.92. The van der Waals surface area contributed by atoms with Gasteiger partial charge in [-0.2, -0.15) is 0 Å². The number of hydrogen-bond acceptors (Lipinski definition) is 6. The molecule has 0 heterocycles. The fraction of sp³-hybridized carbons (Fsp3) is 0.609. The number of aliphatic hydroxyl groups is 2. The Morgan fingerprint density at radius 2 is 1.62 bits per heavy atom. The summed E-state index contributed by atoms with van der Waals surface area (Å²) in [6.45, 7) is 11.0. The molecule has 2 unspecified atom stereocenters. The number of amides is 3. The summed E-state index contributed by atoms with van der Waals surface area (Å²) in [5.74, 6) is -1.13. The van der Waals surface area contributed by atoms with Crippen molar-refractivity contribution in [3.05, 3.63) is 34.9 Å². The average molecular weight is 452 g/mol. The van der Waals surface area contributed by atoms with Crippen molar-refractivity contribution in [3.63, 3.8) is 0 Å². The number of aryl methyl sites for hydroxylation is 2. The van der Waals surface area contributed by atoms with Crippen molar-refractivity contribution in [2.75, 3.05) is 19.8 Å². The molecular weight excluding hydrogens is 414 g/mol. The van der Waals surface area contributed by atoms with E-state index in [1.165, 1.54) is 4.90 Å². The van der Waals surface area contributed by atoms with Crippen molar-refractivity contribution in [1.82, 2.24) is 15.5 Å². The average Bonchev–Trinajstić information content (AvgIpc) is 2.65. The molecular formula is C23H37N3O6. The van der Waals surface area contributed by atoms with Crippen LogP contribution in [0.1, 0.15) is 57.4 Å². The molecule has 0 saturated heterocycles. The lowest BCUT2D eigenvalue weighted by molar-refractivity contribution is -0.144. The van der Waals surface area contributed by atoms with Crippen LogP contribution in [0.5, 0.6) is 0 Å². The van der Waals surface area contributed by atoms with Crippen molar-refractivity contribution in [2.24, 2.45) is 0 Å². The Kier molecular flexibility index (Phi) is 10.1. The predicted molar refractivity (Wildman–Crippen MR) is 121 cm³/mol. The fourth-order valence-corrected chi connectivity index (χ4v) is 3.36. The summed E-state index contributed by atoms with van der Waals surface area (Å²) < 4.78 is 5.18. The van der Waals surface area contributed by atoms with Gasteiger partial charge in [0.1, 0.15) is 17.7 Å². The van der Waals surface area contributed by atoms with Crippen molar-refractivity contribution in [2.45, 2.75) is 72.2 Å². The van der Waals surface area contributed by atoms with E-state index < -0.39 is 48.8 Å². The highest BCUT2D eigenvalue weighted by Crippen LogP contribution is 2.28. The maximum atomic E-state index is 13.4. The van der Waals surface area contributed by atoms with Crippen LogP contribution < -0.4 is 10.6 Å². The Bertz CT molecular complexity index is 783. The second-order valence-corrected chi connectivity index (χ2v) is 9.01. The fourth-order valence-electron chi connectivity index (χ4n) is 3.36. The third-order valence-electron chi connectivity index (χ3n) is 4.60. The first-order valence-corrected chi connectivity index (χ1v) is 10.7. The molecule has 0 aliphatic carbocycles. The zero-order valence-corrected chi connectivity index (χ0v) is 20.1. The zero-order chi connectivity index (χ0) is 24.6. The lowest BCUT2D eigenvalue weighted by atomic mass is 9.93. The highest BCUT2D eigenvalue weighted by Gasteiger charge is 2.37. The number of hydrogen-bond donors (Lipinski definition) is 4. The molecule has 0 saturated carbocycles. The second kappa shape index (κ2) is 11.8. The number of nitrogens with zero attached hydrogens (tertiary/aromatic N) is 1. The first kappa shape index (κ1) is 27.4. The summed E-state index contributed by atoms with van der Waals surface area (Å²) in [4.78, 5) is 40.0. The minimum atomic E-state index is -1.35. The van der Waals surface area contributed by atoms with Crippen molar-refractivity contribution in [3.8, 4) is 0 Å². The Hall–Kier alpha value is -2.65. The summed E-state index contributed by atoms with van der Waals surface area (Å²) in [5, 5.41) is 24.7. The van der Waals surface area contributed by atoms with Crippen LogP contribution in [-0.4, -0.2) is 70.5 Å². The Morgan fingerprint density at radius 1 is 1.06 bits per heavy atom. The lowest BCUT2D eigenvalue weighted by Gasteiger charge is -2.35. The number of alkyl carbamates (subject to hydrolysis) is 1. The largest absolute Gasteiger partial charge is 0.444 e. The monoisotopic (exact) mass is 451 g/mol. The molecule has 1 aromatic carbocycles. The molecule has 3 amide bonds. The molecule has 180 valence electrons. The second-order valence-electron chi connectivity index (χ2n) is 9.01. The van der Waals surface area contributed by atoms with Crippen molar-refractivity contribution < 1.29 is 29.3 Å².